The van der Waals surface area contributed by atoms with Crippen LogP contribution in [0.5, 0.6) is 0 Å². The van der Waals surface area contributed by atoms with Crippen molar-refractivity contribution in [3.63, 3.8) is 0 Å². The van der Waals surface area contributed by atoms with E-state index >= 15 is 0 Å². The van der Waals surface area contributed by atoms with E-state index in [1.54, 1.807) is 0 Å². The van der Waals surface area contributed by atoms with Crippen LogP contribution in [-0.2, 0) is 5.75 Å². The Hall–Kier alpha value is -1.47. The van der Waals surface area contributed by atoms with Gasteiger partial charge in [0.25, 0.3) is 0 Å². The Bertz CT molecular complexity index is 429. The fourth-order valence-corrected chi connectivity index (χ4v) is 2.00. The quantitative estimate of drug-likeness (QED) is 0.654. The number of benzene rings is 1. The molecule has 0 heterocycles. The monoisotopic (exact) mass is 261 g/mol. The molecule has 0 atom stereocenters. The van der Waals surface area contributed by atoms with E-state index in [4.69, 9.17) is 11.0 Å². The predicted molar refractivity (Wildman–Crippen MR) is 78.4 cm³/mol. The zero-order chi connectivity index (χ0) is 13.4. The van der Waals surface area contributed by atoms with E-state index in [9.17, 15) is 0 Å². The van der Waals surface area contributed by atoms with Gasteiger partial charge in [0.2, 0.25) is 0 Å². The van der Waals surface area contributed by atoms with Crippen molar-refractivity contribution < 1.29 is 0 Å². The van der Waals surface area contributed by atoms with E-state index in [0.717, 1.165) is 24.3 Å². The summed E-state index contributed by atoms with van der Waals surface area (Å²) in [5, 5.41) is 9.33. The summed E-state index contributed by atoms with van der Waals surface area (Å²) in [7, 11) is 0. The fourth-order valence-electron chi connectivity index (χ4n) is 1.31. The lowest BCUT2D eigenvalue weighted by molar-refractivity contribution is 0.597. The van der Waals surface area contributed by atoms with Crippen LogP contribution in [0.25, 0.3) is 0 Å². The molecule has 0 unspecified atom stereocenters. The molecule has 1 aromatic rings. The minimum atomic E-state index is 0.639. The Kier molecular flexibility index (Phi) is 6.31. The van der Waals surface area contributed by atoms with Gasteiger partial charge in [-0.3, -0.25) is 4.99 Å². The van der Waals surface area contributed by atoms with Crippen molar-refractivity contribution in [2.24, 2.45) is 16.6 Å². The number of nitriles is 1. The second-order valence-electron chi connectivity index (χ2n) is 4.50. The number of aliphatic imine (C=N–C) groups is 1. The van der Waals surface area contributed by atoms with Crippen LogP contribution in [0.3, 0.4) is 0 Å². The molecule has 1 rings (SSSR count). The van der Waals surface area contributed by atoms with Crippen LogP contribution in [0.15, 0.2) is 29.3 Å². The molecule has 0 saturated carbocycles. The molecule has 2 N–H and O–H groups in total. The zero-order valence-electron chi connectivity index (χ0n) is 10.9. The number of hydrogen-bond donors (Lipinski definition) is 1. The van der Waals surface area contributed by atoms with E-state index in [1.807, 2.05) is 24.3 Å². The highest BCUT2D eigenvalue weighted by molar-refractivity contribution is 8.13. The first-order valence-corrected chi connectivity index (χ1v) is 7.02. The Balaban J connectivity index is 2.37. The molecule has 18 heavy (non-hydrogen) atoms. The molecule has 0 fully saturated rings. The maximum atomic E-state index is 8.69. The SMILES string of the molecule is CC(C)CCN=C(N)SCc1ccc(C#N)cc1. The summed E-state index contributed by atoms with van der Waals surface area (Å²) in [6.07, 6.45) is 1.07. The average Bonchev–Trinajstić information content (AvgIpc) is 2.36. The third kappa shape index (κ3) is 5.74. The normalized spacial score (nSPS) is 11.6. The molecule has 1 aromatic carbocycles. The van der Waals surface area contributed by atoms with Gasteiger partial charge in [0.15, 0.2) is 5.17 Å². The average molecular weight is 261 g/mol. The molecule has 0 aromatic heterocycles. The van der Waals surface area contributed by atoms with Crippen LogP contribution >= 0.6 is 11.8 Å². The molecular weight excluding hydrogens is 242 g/mol. The van der Waals surface area contributed by atoms with Crippen LogP contribution in [-0.4, -0.2) is 11.7 Å². The van der Waals surface area contributed by atoms with Crippen LogP contribution in [0.4, 0.5) is 0 Å². The minimum Gasteiger partial charge on any atom is -0.379 e. The third-order valence-corrected chi connectivity index (χ3v) is 3.35. The first kappa shape index (κ1) is 14.6. The lowest BCUT2D eigenvalue weighted by atomic mass is 10.1. The van der Waals surface area contributed by atoms with Crippen molar-refractivity contribution in [1.29, 1.82) is 5.26 Å². The lowest BCUT2D eigenvalue weighted by Gasteiger charge is -2.03. The highest BCUT2D eigenvalue weighted by atomic mass is 32.2. The fraction of sp³-hybridized carbons (Fsp3) is 0.429. The second kappa shape index (κ2) is 7.78. The molecule has 96 valence electrons. The van der Waals surface area contributed by atoms with Crippen LogP contribution in [0.1, 0.15) is 31.4 Å². The summed E-state index contributed by atoms with van der Waals surface area (Å²) >= 11 is 1.54. The summed E-state index contributed by atoms with van der Waals surface area (Å²) in [5.74, 6) is 1.45. The van der Waals surface area contributed by atoms with Gasteiger partial charge < -0.3 is 5.73 Å². The van der Waals surface area contributed by atoms with Crippen LogP contribution < -0.4 is 5.73 Å². The van der Waals surface area contributed by atoms with Gasteiger partial charge in [-0.05, 0) is 30.0 Å². The third-order valence-electron chi connectivity index (χ3n) is 2.44. The molecule has 0 bridgehead atoms. The van der Waals surface area contributed by atoms with Crippen molar-refractivity contribution in [3.8, 4) is 6.07 Å². The van der Waals surface area contributed by atoms with Gasteiger partial charge in [-0.1, -0.05) is 37.7 Å². The van der Waals surface area contributed by atoms with Crippen molar-refractivity contribution in [3.05, 3.63) is 35.4 Å². The molecule has 0 radical (unpaired) electrons. The first-order chi connectivity index (χ1) is 8.61. The maximum Gasteiger partial charge on any atom is 0.154 e. The summed E-state index contributed by atoms with van der Waals surface area (Å²) < 4.78 is 0. The van der Waals surface area contributed by atoms with Gasteiger partial charge in [-0.15, -0.1) is 0 Å². The van der Waals surface area contributed by atoms with Crippen LogP contribution in [0, 0.1) is 17.2 Å². The van der Waals surface area contributed by atoms with Gasteiger partial charge in [-0.2, -0.15) is 5.26 Å². The highest BCUT2D eigenvalue weighted by Gasteiger charge is 1.98. The number of hydrogen-bond acceptors (Lipinski definition) is 3. The highest BCUT2D eigenvalue weighted by Crippen LogP contribution is 2.13. The minimum absolute atomic E-state index is 0.639. The van der Waals surface area contributed by atoms with E-state index in [0.29, 0.717) is 16.6 Å². The molecule has 3 nitrogen and oxygen atoms in total. The summed E-state index contributed by atoms with van der Waals surface area (Å²) in [6.45, 7) is 5.15. The van der Waals surface area contributed by atoms with Gasteiger partial charge in [0, 0.05) is 12.3 Å². The maximum absolute atomic E-state index is 8.69. The largest absolute Gasteiger partial charge is 0.379 e. The molecule has 4 heteroatoms. The Morgan fingerprint density at radius 2 is 2.06 bits per heavy atom. The Morgan fingerprint density at radius 3 is 2.61 bits per heavy atom. The van der Waals surface area contributed by atoms with E-state index in [-0.39, 0.29) is 0 Å². The molecule has 0 spiro atoms. The number of nitrogens with two attached hydrogens (primary N) is 1. The smallest absolute Gasteiger partial charge is 0.154 e. The van der Waals surface area contributed by atoms with Crippen molar-refractivity contribution in [1.82, 2.24) is 0 Å². The number of rotatable bonds is 5. The summed E-state index contributed by atoms with van der Waals surface area (Å²) in [4.78, 5) is 4.32. The lowest BCUT2D eigenvalue weighted by Crippen LogP contribution is -2.08. The standard InChI is InChI=1S/C14H19N3S/c1-11(2)7-8-17-14(16)18-10-13-5-3-12(9-15)4-6-13/h3-6,11H,7-8,10H2,1-2H3,(H2,16,17). The second-order valence-corrected chi connectivity index (χ2v) is 5.50. The number of thioether (sulfide) groups is 1. The molecule has 0 aliphatic rings. The molecular formula is C14H19N3S. The van der Waals surface area contributed by atoms with Gasteiger partial charge in [0.05, 0.1) is 11.6 Å². The molecule has 0 saturated heterocycles. The molecule has 0 aliphatic heterocycles. The predicted octanol–water partition coefficient (Wildman–Crippen LogP) is 3.15. The van der Waals surface area contributed by atoms with E-state index in [1.165, 1.54) is 11.8 Å². The summed E-state index contributed by atoms with van der Waals surface area (Å²) in [6, 6.07) is 9.65. The Labute approximate surface area is 113 Å². The van der Waals surface area contributed by atoms with Gasteiger partial charge >= 0.3 is 0 Å². The van der Waals surface area contributed by atoms with Crippen LogP contribution in [0.2, 0.25) is 0 Å². The summed E-state index contributed by atoms with van der Waals surface area (Å²) in [5.41, 5.74) is 7.66. The molecule has 0 aliphatic carbocycles. The van der Waals surface area contributed by atoms with Crippen molar-refractivity contribution in [2.75, 3.05) is 6.54 Å². The van der Waals surface area contributed by atoms with Crippen molar-refractivity contribution in [2.45, 2.75) is 26.0 Å². The topological polar surface area (TPSA) is 62.2 Å². The number of nitrogens with zero attached hydrogens (tertiary/aromatic N) is 2. The van der Waals surface area contributed by atoms with Gasteiger partial charge in [0.1, 0.15) is 0 Å². The molecule has 0 amide bonds. The van der Waals surface area contributed by atoms with Crippen molar-refractivity contribution >= 4 is 16.9 Å². The van der Waals surface area contributed by atoms with Gasteiger partial charge in [-0.25, -0.2) is 0 Å². The van der Waals surface area contributed by atoms with E-state index < -0.39 is 0 Å². The Morgan fingerprint density at radius 1 is 1.39 bits per heavy atom. The number of amidine groups is 1. The first-order valence-electron chi connectivity index (χ1n) is 6.03. The zero-order valence-corrected chi connectivity index (χ0v) is 11.7. The van der Waals surface area contributed by atoms with E-state index in [2.05, 4.69) is 24.9 Å².